The summed E-state index contributed by atoms with van der Waals surface area (Å²) in [5, 5.41) is 20.9. The van der Waals surface area contributed by atoms with Gasteiger partial charge in [-0.2, -0.15) is 0 Å². The summed E-state index contributed by atoms with van der Waals surface area (Å²) in [5.74, 6) is 0. The summed E-state index contributed by atoms with van der Waals surface area (Å²) in [6, 6.07) is 21.1. The predicted molar refractivity (Wildman–Crippen MR) is 89.0 cm³/mol. The van der Waals surface area contributed by atoms with Crippen molar-refractivity contribution < 1.29 is 14.5 Å². The van der Waals surface area contributed by atoms with E-state index in [1.165, 1.54) is 0 Å². The van der Waals surface area contributed by atoms with Gasteiger partial charge in [-0.3, -0.25) is 0 Å². The second-order valence-corrected chi connectivity index (χ2v) is 5.28. The van der Waals surface area contributed by atoms with Gasteiger partial charge in [0.05, 0.1) is 0 Å². The third kappa shape index (κ3) is 2.01. The highest BCUT2D eigenvalue weighted by Crippen LogP contribution is 2.36. The van der Waals surface area contributed by atoms with Crippen LogP contribution in [-0.4, -0.2) is 17.2 Å². The zero-order chi connectivity index (χ0) is 15.1. The Kier molecular flexibility index (Phi) is 3.00. The molecule has 4 rings (SSSR count). The van der Waals surface area contributed by atoms with Crippen molar-refractivity contribution in [1.82, 2.24) is 0 Å². The van der Waals surface area contributed by atoms with Crippen molar-refractivity contribution in [3.05, 3.63) is 66.7 Å². The normalized spacial score (nSPS) is 11.2. The molecule has 0 spiro atoms. The molecular formula is C18H13BO3. The molecule has 0 unspecified atom stereocenters. The van der Waals surface area contributed by atoms with Gasteiger partial charge >= 0.3 is 7.12 Å². The van der Waals surface area contributed by atoms with E-state index in [-0.39, 0.29) is 0 Å². The number of benzene rings is 3. The van der Waals surface area contributed by atoms with Crippen LogP contribution >= 0.6 is 0 Å². The fourth-order valence-corrected chi connectivity index (χ4v) is 2.88. The lowest BCUT2D eigenvalue weighted by molar-refractivity contribution is 0.426. The van der Waals surface area contributed by atoms with Crippen LogP contribution in [0.3, 0.4) is 0 Å². The van der Waals surface area contributed by atoms with Crippen LogP contribution in [0.2, 0.25) is 0 Å². The van der Waals surface area contributed by atoms with E-state index in [1.54, 1.807) is 12.1 Å². The molecule has 0 atom stereocenters. The molecular weight excluding hydrogens is 275 g/mol. The third-order valence-corrected chi connectivity index (χ3v) is 3.90. The largest absolute Gasteiger partial charge is 0.488 e. The van der Waals surface area contributed by atoms with Crippen molar-refractivity contribution in [2.45, 2.75) is 0 Å². The minimum absolute atomic E-state index is 0.474. The lowest BCUT2D eigenvalue weighted by Crippen LogP contribution is -2.29. The van der Waals surface area contributed by atoms with E-state index < -0.39 is 7.12 Å². The Hall–Kier alpha value is -2.56. The van der Waals surface area contributed by atoms with E-state index in [9.17, 15) is 10.0 Å². The van der Waals surface area contributed by atoms with Gasteiger partial charge in [0.15, 0.2) is 0 Å². The Morgan fingerprint density at radius 3 is 2.41 bits per heavy atom. The molecule has 0 aliphatic rings. The van der Waals surface area contributed by atoms with Crippen LogP contribution < -0.4 is 5.46 Å². The number of hydrogen-bond donors (Lipinski definition) is 2. The van der Waals surface area contributed by atoms with Crippen LogP contribution in [0.5, 0.6) is 0 Å². The molecule has 3 nitrogen and oxygen atoms in total. The van der Waals surface area contributed by atoms with E-state index in [0.717, 1.165) is 33.1 Å². The highest BCUT2D eigenvalue weighted by atomic mass is 16.4. The number of furan rings is 1. The van der Waals surface area contributed by atoms with Crippen molar-refractivity contribution in [3.8, 4) is 11.1 Å². The van der Waals surface area contributed by atoms with E-state index in [0.29, 0.717) is 5.46 Å². The highest BCUT2D eigenvalue weighted by Gasteiger charge is 2.15. The first-order valence-electron chi connectivity index (χ1n) is 7.11. The van der Waals surface area contributed by atoms with Gasteiger partial charge in [-0.25, -0.2) is 0 Å². The molecule has 2 N–H and O–H groups in total. The quantitative estimate of drug-likeness (QED) is 0.558. The fraction of sp³-hybridized carbons (Fsp3) is 0. The maximum Gasteiger partial charge on any atom is 0.488 e. The maximum atomic E-state index is 9.38. The minimum atomic E-state index is -1.47. The molecule has 1 heterocycles. The first kappa shape index (κ1) is 13.1. The van der Waals surface area contributed by atoms with Crippen LogP contribution in [0.4, 0.5) is 0 Å². The number of para-hydroxylation sites is 1. The summed E-state index contributed by atoms with van der Waals surface area (Å²) in [4.78, 5) is 0. The topological polar surface area (TPSA) is 53.6 Å². The molecule has 0 amide bonds. The molecule has 0 saturated carbocycles. The predicted octanol–water partition coefficient (Wildman–Crippen LogP) is 2.93. The second kappa shape index (κ2) is 5.02. The number of hydrogen-bond acceptors (Lipinski definition) is 3. The van der Waals surface area contributed by atoms with Crippen LogP contribution in [0, 0.1) is 0 Å². The lowest BCUT2D eigenvalue weighted by atomic mass is 9.79. The van der Waals surface area contributed by atoms with Gasteiger partial charge in [-0.15, -0.1) is 0 Å². The van der Waals surface area contributed by atoms with Crippen molar-refractivity contribution in [1.29, 1.82) is 0 Å². The van der Waals surface area contributed by atoms with E-state index in [4.69, 9.17) is 4.42 Å². The Labute approximate surface area is 127 Å². The van der Waals surface area contributed by atoms with Gasteiger partial charge in [-0.05, 0) is 28.7 Å². The molecule has 3 aromatic carbocycles. The summed E-state index contributed by atoms with van der Waals surface area (Å²) in [5.41, 5.74) is 4.10. The van der Waals surface area contributed by atoms with Crippen LogP contribution in [0.1, 0.15) is 0 Å². The number of fused-ring (bicyclic) bond motifs is 3. The van der Waals surface area contributed by atoms with Gasteiger partial charge in [-0.1, -0.05) is 54.6 Å². The van der Waals surface area contributed by atoms with E-state index >= 15 is 0 Å². The molecule has 106 valence electrons. The summed E-state index contributed by atoms with van der Waals surface area (Å²) in [6.45, 7) is 0. The van der Waals surface area contributed by atoms with Gasteiger partial charge in [0.1, 0.15) is 11.2 Å². The fourth-order valence-electron chi connectivity index (χ4n) is 2.88. The highest BCUT2D eigenvalue weighted by molar-refractivity contribution is 6.58. The summed E-state index contributed by atoms with van der Waals surface area (Å²) in [6.07, 6.45) is 0. The zero-order valence-electron chi connectivity index (χ0n) is 11.7. The van der Waals surface area contributed by atoms with Crippen molar-refractivity contribution in [2.24, 2.45) is 0 Å². The molecule has 0 fully saturated rings. The standard InChI is InChI=1S/C18H13BO3/c20-19(21)13-6-3-5-12(11-13)14-8-4-10-17-18(14)15-7-1-2-9-16(15)22-17/h1-11,20-21H. The number of rotatable bonds is 2. The lowest BCUT2D eigenvalue weighted by Gasteiger charge is -2.06. The Bertz CT molecular complexity index is 972. The summed E-state index contributed by atoms with van der Waals surface area (Å²) in [7, 11) is -1.47. The van der Waals surface area contributed by atoms with E-state index in [1.807, 2.05) is 54.6 Å². The van der Waals surface area contributed by atoms with E-state index in [2.05, 4.69) is 0 Å². The maximum absolute atomic E-state index is 9.38. The zero-order valence-corrected chi connectivity index (χ0v) is 11.7. The van der Waals surface area contributed by atoms with Crippen molar-refractivity contribution in [2.75, 3.05) is 0 Å². The first-order valence-corrected chi connectivity index (χ1v) is 7.11. The molecule has 4 aromatic rings. The molecule has 4 heteroatoms. The molecule has 0 bridgehead atoms. The Balaban J connectivity index is 2.04. The Morgan fingerprint density at radius 2 is 1.55 bits per heavy atom. The van der Waals surface area contributed by atoms with Gasteiger partial charge in [0.2, 0.25) is 0 Å². The third-order valence-electron chi connectivity index (χ3n) is 3.90. The summed E-state index contributed by atoms with van der Waals surface area (Å²) < 4.78 is 5.89. The smallest absolute Gasteiger partial charge is 0.456 e. The molecule has 0 aliphatic carbocycles. The monoisotopic (exact) mass is 288 g/mol. The molecule has 1 aromatic heterocycles. The van der Waals surface area contributed by atoms with Gasteiger partial charge in [0, 0.05) is 10.8 Å². The minimum Gasteiger partial charge on any atom is -0.456 e. The van der Waals surface area contributed by atoms with Crippen LogP contribution in [0.25, 0.3) is 33.1 Å². The van der Waals surface area contributed by atoms with Crippen molar-refractivity contribution >= 4 is 34.5 Å². The van der Waals surface area contributed by atoms with Gasteiger partial charge in [0.25, 0.3) is 0 Å². The van der Waals surface area contributed by atoms with Crippen molar-refractivity contribution in [3.63, 3.8) is 0 Å². The molecule has 0 saturated heterocycles. The average molecular weight is 288 g/mol. The molecule has 0 radical (unpaired) electrons. The Morgan fingerprint density at radius 1 is 0.773 bits per heavy atom. The molecule has 0 aliphatic heterocycles. The SMILES string of the molecule is OB(O)c1cccc(-c2cccc3oc4ccccc4c23)c1. The first-order chi connectivity index (χ1) is 10.7. The van der Waals surface area contributed by atoms with Crippen LogP contribution in [0.15, 0.2) is 71.1 Å². The van der Waals surface area contributed by atoms with Crippen LogP contribution in [-0.2, 0) is 0 Å². The second-order valence-electron chi connectivity index (χ2n) is 5.28. The summed E-state index contributed by atoms with van der Waals surface area (Å²) >= 11 is 0. The van der Waals surface area contributed by atoms with Gasteiger partial charge < -0.3 is 14.5 Å². The molecule has 22 heavy (non-hydrogen) atoms. The average Bonchev–Trinajstić information content (AvgIpc) is 2.93.